The molecular weight excluding hydrogens is 220 g/mol. The molecule has 0 saturated carbocycles. The second-order valence-corrected chi connectivity index (χ2v) is 3.77. The number of aryl methyl sites for hydroxylation is 1. The molecule has 0 spiro atoms. The van der Waals surface area contributed by atoms with Crippen LogP contribution in [0.15, 0.2) is 36.4 Å². The monoisotopic (exact) mass is 229 g/mol. The van der Waals surface area contributed by atoms with Gasteiger partial charge in [-0.3, -0.25) is 0 Å². The molecule has 2 aromatic carbocycles. The van der Waals surface area contributed by atoms with Gasteiger partial charge in [-0.25, -0.2) is 8.78 Å². The molecule has 0 N–H and O–H groups in total. The van der Waals surface area contributed by atoms with E-state index in [9.17, 15) is 8.78 Å². The van der Waals surface area contributed by atoms with Crippen LogP contribution >= 0.6 is 0 Å². The minimum atomic E-state index is -0.483. The molecule has 3 heteroatoms. The number of rotatable bonds is 1. The van der Waals surface area contributed by atoms with Crippen LogP contribution in [-0.2, 0) is 0 Å². The van der Waals surface area contributed by atoms with Crippen molar-refractivity contribution in [1.29, 1.82) is 5.26 Å². The zero-order chi connectivity index (χ0) is 12.4. The Kier molecular flexibility index (Phi) is 2.88. The second-order valence-electron chi connectivity index (χ2n) is 3.77. The maximum absolute atomic E-state index is 13.5. The summed E-state index contributed by atoms with van der Waals surface area (Å²) in [5.41, 5.74) is 2.05. The highest BCUT2D eigenvalue weighted by molar-refractivity contribution is 5.66. The van der Waals surface area contributed by atoms with Gasteiger partial charge in [-0.2, -0.15) is 5.26 Å². The summed E-state index contributed by atoms with van der Waals surface area (Å²) < 4.78 is 26.6. The molecule has 0 radical (unpaired) electrons. The predicted octanol–water partition coefficient (Wildman–Crippen LogP) is 3.81. The number of hydrogen-bond acceptors (Lipinski definition) is 1. The van der Waals surface area contributed by atoms with Gasteiger partial charge in [0.05, 0.1) is 11.6 Å². The smallest absolute Gasteiger partial charge is 0.131 e. The topological polar surface area (TPSA) is 23.8 Å². The molecule has 0 heterocycles. The number of nitriles is 1. The summed E-state index contributed by atoms with van der Waals surface area (Å²) in [5, 5.41) is 8.79. The second kappa shape index (κ2) is 4.34. The molecule has 1 nitrogen and oxygen atoms in total. The number of halogens is 2. The lowest BCUT2D eigenvalue weighted by molar-refractivity contribution is 0.603. The van der Waals surface area contributed by atoms with E-state index in [0.29, 0.717) is 11.1 Å². The van der Waals surface area contributed by atoms with Crippen molar-refractivity contribution < 1.29 is 8.78 Å². The zero-order valence-corrected chi connectivity index (χ0v) is 9.17. The van der Waals surface area contributed by atoms with Crippen molar-refractivity contribution in [2.45, 2.75) is 6.92 Å². The Labute approximate surface area is 97.9 Å². The third-order valence-corrected chi connectivity index (χ3v) is 2.59. The predicted molar refractivity (Wildman–Crippen MR) is 61.2 cm³/mol. The summed E-state index contributed by atoms with van der Waals surface area (Å²) >= 11 is 0. The molecule has 2 aromatic rings. The third-order valence-electron chi connectivity index (χ3n) is 2.59. The standard InChI is InChI=1S/C14H9F2N/c1-9-6-10(2-3-11(9)8-17)13-7-12(15)4-5-14(13)16/h2-7H,1H3. The van der Waals surface area contributed by atoms with Crippen molar-refractivity contribution in [2.75, 3.05) is 0 Å². The third kappa shape index (κ3) is 2.16. The average molecular weight is 229 g/mol. The molecule has 0 aliphatic rings. The Balaban J connectivity index is 2.58. The first-order valence-corrected chi connectivity index (χ1v) is 5.08. The van der Waals surface area contributed by atoms with Gasteiger partial charge in [0, 0.05) is 5.56 Å². The van der Waals surface area contributed by atoms with E-state index < -0.39 is 11.6 Å². The minimum Gasteiger partial charge on any atom is -0.207 e. The van der Waals surface area contributed by atoms with Gasteiger partial charge in [-0.15, -0.1) is 0 Å². The molecule has 0 bridgehead atoms. The molecule has 0 atom stereocenters. The fraction of sp³-hybridized carbons (Fsp3) is 0.0714. The van der Waals surface area contributed by atoms with Crippen LogP contribution in [0, 0.1) is 29.9 Å². The van der Waals surface area contributed by atoms with Crippen LogP contribution in [-0.4, -0.2) is 0 Å². The summed E-state index contributed by atoms with van der Waals surface area (Å²) in [4.78, 5) is 0. The Hall–Kier alpha value is -2.21. The first-order valence-electron chi connectivity index (χ1n) is 5.08. The van der Waals surface area contributed by atoms with Gasteiger partial charge in [-0.1, -0.05) is 12.1 Å². The average Bonchev–Trinajstić information content (AvgIpc) is 2.32. The largest absolute Gasteiger partial charge is 0.207 e. The van der Waals surface area contributed by atoms with E-state index in [-0.39, 0.29) is 5.56 Å². The van der Waals surface area contributed by atoms with E-state index >= 15 is 0 Å². The first-order chi connectivity index (χ1) is 8.11. The highest BCUT2D eigenvalue weighted by atomic mass is 19.1. The Morgan fingerprint density at radius 2 is 1.82 bits per heavy atom. The Bertz CT molecular complexity index is 612. The number of benzene rings is 2. The normalized spacial score (nSPS) is 10.0. The van der Waals surface area contributed by atoms with Crippen molar-refractivity contribution in [3.63, 3.8) is 0 Å². The van der Waals surface area contributed by atoms with Crippen molar-refractivity contribution in [3.8, 4) is 17.2 Å². The summed E-state index contributed by atoms with van der Waals surface area (Å²) in [6, 6.07) is 10.3. The van der Waals surface area contributed by atoms with Gasteiger partial charge in [0.15, 0.2) is 0 Å². The molecule has 0 saturated heterocycles. The summed E-state index contributed by atoms with van der Waals surface area (Å²) in [6.07, 6.45) is 0. The van der Waals surface area contributed by atoms with Crippen molar-refractivity contribution in [2.24, 2.45) is 0 Å². The van der Waals surface area contributed by atoms with E-state index in [1.807, 2.05) is 6.07 Å². The number of nitrogens with zero attached hydrogens (tertiary/aromatic N) is 1. The van der Waals surface area contributed by atoms with Gasteiger partial charge in [-0.05, 0) is 42.3 Å². The minimum absolute atomic E-state index is 0.206. The van der Waals surface area contributed by atoms with Gasteiger partial charge in [0.2, 0.25) is 0 Å². The Morgan fingerprint density at radius 1 is 1.06 bits per heavy atom. The molecule has 2 rings (SSSR count). The molecular formula is C14H9F2N. The van der Waals surface area contributed by atoms with E-state index in [0.717, 1.165) is 23.8 Å². The van der Waals surface area contributed by atoms with Crippen molar-refractivity contribution >= 4 is 0 Å². The van der Waals surface area contributed by atoms with E-state index in [4.69, 9.17) is 5.26 Å². The van der Waals surface area contributed by atoms with Gasteiger partial charge < -0.3 is 0 Å². The fourth-order valence-electron chi connectivity index (χ4n) is 1.68. The SMILES string of the molecule is Cc1cc(-c2cc(F)ccc2F)ccc1C#N. The quantitative estimate of drug-likeness (QED) is 0.729. The maximum atomic E-state index is 13.5. The molecule has 0 fully saturated rings. The van der Waals surface area contributed by atoms with E-state index in [2.05, 4.69) is 0 Å². The molecule has 0 amide bonds. The van der Waals surface area contributed by atoms with Crippen LogP contribution in [0.25, 0.3) is 11.1 Å². The molecule has 0 aromatic heterocycles. The van der Waals surface area contributed by atoms with E-state index in [1.165, 1.54) is 0 Å². The maximum Gasteiger partial charge on any atom is 0.131 e. The lowest BCUT2D eigenvalue weighted by atomic mass is 10.00. The summed E-state index contributed by atoms with van der Waals surface area (Å²) in [6.45, 7) is 1.76. The van der Waals surface area contributed by atoms with Crippen LogP contribution in [0.4, 0.5) is 8.78 Å². The summed E-state index contributed by atoms with van der Waals surface area (Å²) in [7, 11) is 0. The summed E-state index contributed by atoms with van der Waals surface area (Å²) in [5.74, 6) is -0.959. The lowest BCUT2D eigenvalue weighted by Gasteiger charge is -2.05. The molecule has 0 aliphatic carbocycles. The van der Waals surface area contributed by atoms with E-state index in [1.54, 1.807) is 25.1 Å². The molecule has 0 aliphatic heterocycles. The number of hydrogen-bond donors (Lipinski definition) is 0. The highest BCUT2D eigenvalue weighted by Gasteiger charge is 2.08. The van der Waals surface area contributed by atoms with Gasteiger partial charge in [0.1, 0.15) is 11.6 Å². The molecule has 17 heavy (non-hydrogen) atoms. The van der Waals surface area contributed by atoms with Gasteiger partial charge in [0.25, 0.3) is 0 Å². The zero-order valence-electron chi connectivity index (χ0n) is 9.17. The Morgan fingerprint density at radius 3 is 2.47 bits per heavy atom. The van der Waals surface area contributed by atoms with Crippen LogP contribution in [0.3, 0.4) is 0 Å². The van der Waals surface area contributed by atoms with Crippen molar-refractivity contribution in [1.82, 2.24) is 0 Å². The van der Waals surface area contributed by atoms with Crippen LogP contribution < -0.4 is 0 Å². The van der Waals surface area contributed by atoms with Crippen LogP contribution in [0.1, 0.15) is 11.1 Å². The van der Waals surface area contributed by atoms with Crippen LogP contribution in [0.5, 0.6) is 0 Å². The first kappa shape index (κ1) is 11.3. The molecule has 84 valence electrons. The van der Waals surface area contributed by atoms with Crippen molar-refractivity contribution in [3.05, 3.63) is 59.2 Å². The fourth-order valence-corrected chi connectivity index (χ4v) is 1.68. The van der Waals surface area contributed by atoms with Gasteiger partial charge >= 0.3 is 0 Å². The lowest BCUT2D eigenvalue weighted by Crippen LogP contribution is -1.89. The molecule has 0 unspecified atom stereocenters. The van der Waals surface area contributed by atoms with Crippen LogP contribution in [0.2, 0.25) is 0 Å². The highest BCUT2D eigenvalue weighted by Crippen LogP contribution is 2.25.